The molecule has 0 unspecified atom stereocenters. The number of benzene rings is 1. The molecule has 96 valence electrons. The number of aromatic amines is 1. The molecule has 0 fully saturated rings. The van der Waals surface area contributed by atoms with Crippen LogP contribution in [0, 0.1) is 25.2 Å². The van der Waals surface area contributed by atoms with Crippen LogP contribution in [-0.2, 0) is 0 Å². The third-order valence-corrected chi connectivity index (χ3v) is 3.27. The Kier molecular flexibility index (Phi) is 3.39. The molecule has 0 amide bonds. The number of methoxy groups -OCH3 is 1. The molecule has 0 saturated carbocycles. The van der Waals surface area contributed by atoms with Crippen molar-refractivity contribution in [2.75, 3.05) is 12.8 Å². The topological polar surface area (TPSA) is 73.2 Å². The van der Waals surface area contributed by atoms with Crippen LogP contribution >= 0.6 is 0 Å². The van der Waals surface area contributed by atoms with Gasteiger partial charge in [0.05, 0.1) is 7.11 Å². The number of nitrogens with two attached hydrogens (primary N) is 1. The molecule has 4 heteroatoms. The third-order valence-electron chi connectivity index (χ3n) is 3.27. The fraction of sp³-hybridized carbons (Fsp3) is 0.200. The maximum Gasteiger partial charge on any atom is 0.289 e. The van der Waals surface area contributed by atoms with Gasteiger partial charge in [0.15, 0.2) is 0 Å². The van der Waals surface area contributed by atoms with Crippen LogP contribution in [0.1, 0.15) is 16.8 Å². The lowest BCUT2D eigenvalue weighted by Gasteiger charge is -2.13. The molecule has 0 radical (unpaired) electrons. The van der Waals surface area contributed by atoms with Gasteiger partial charge < -0.3 is 4.74 Å². The summed E-state index contributed by atoms with van der Waals surface area (Å²) in [6.07, 6.45) is 0. The molecule has 2 rings (SSSR count). The number of nitrogen functional groups attached to an aromatic ring is 1. The molecule has 0 spiro atoms. The van der Waals surface area contributed by atoms with Gasteiger partial charge in [-0.25, -0.2) is 4.98 Å². The lowest BCUT2D eigenvalue weighted by atomic mass is 9.94. The molecule has 0 atom stereocenters. The molecular weight excluding hydrogens is 238 g/mol. The van der Waals surface area contributed by atoms with E-state index in [1.54, 1.807) is 7.11 Å². The molecule has 0 bridgehead atoms. The molecule has 2 aromatic rings. The number of aryl methyl sites for hydroxylation is 1. The minimum absolute atomic E-state index is 0.381. The van der Waals surface area contributed by atoms with Gasteiger partial charge in [-0.15, -0.1) is 0 Å². The van der Waals surface area contributed by atoms with E-state index in [-0.39, 0.29) is 0 Å². The number of hydrogen-bond donors (Lipinski definition) is 1. The zero-order chi connectivity index (χ0) is 14.0. The molecule has 4 nitrogen and oxygen atoms in total. The van der Waals surface area contributed by atoms with Gasteiger partial charge >= 0.3 is 0 Å². The van der Waals surface area contributed by atoms with Crippen molar-refractivity contribution in [2.24, 2.45) is 0 Å². The van der Waals surface area contributed by atoms with E-state index < -0.39 is 0 Å². The number of pyridine rings is 1. The maximum absolute atomic E-state index is 9.35. The average Bonchev–Trinajstić information content (AvgIpc) is 2.42. The number of nitrogens with one attached hydrogen (secondary N) is 1. The Balaban J connectivity index is 2.86. The zero-order valence-electron chi connectivity index (χ0n) is 11.2. The molecule has 3 N–H and O–H groups in total. The number of anilines is 1. The second-order valence-electron chi connectivity index (χ2n) is 4.35. The summed E-state index contributed by atoms with van der Waals surface area (Å²) in [5, 5.41) is 9.35. The van der Waals surface area contributed by atoms with Crippen LogP contribution in [0.4, 0.5) is 5.82 Å². The van der Waals surface area contributed by atoms with Gasteiger partial charge in [0.1, 0.15) is 23.1 Å². The highest BCUT2D eigenvalue weighted by molar-refractivity contribution is 5.81. The first-order chi connectivity index (χ1) is 9.10. The van der Waals surface area contributed by atoms with Crippen molar-refractivity contribution in [2.45, 2.75) is 13.8 Å². The van der Waals surface area contributed by atoms with E-state index >= 15 is 0 Å². The van der Waals surface area contributed by atoms with Gasteiger partial charge in [0.25, 0.3) is 5.82 Å². The number of aromatic nitrogens is 1. The number of para-hydroxylation sites is 1. The van der Waals surface area contributed by atoms with E-state index in [1.807, 2.05) is 38.1 Å². The monoisotopic (exact) mass is 254 g/mol. The SMILES string of the molecule is COc1ccccc1-c1c(C)c(C)[nH+]c(N)c1C#N. The van der Waals surface area contributed by atoms with E-state index in [1.165, 1.54) is 0 Å². The quantitative estimate of drug-likeness (QED) is 0.893. The fourth-order valence-electron chi connectivity index (χ4n) is 2.17. The van der Waals surface area contributed by atoms with Crippen molar-refractivity contribution in [3.05, 3.63) is 41.1 Å². The van der Waals surface area contributed by atoms with Crippen molar-refractivity contribution in [1.29, 1.82) is 5.26 Å². The number of H-pyrrole nitrogens is 1. The molecule has 1 heterocycles. The number of hydrogen-bond acceptors (Lipinski definition) is 3. The molecule has 0 aliphatic carbocycles. The molecule has 1 aromatic heterocycles. The van der Waals surface area contributed by atoms with Crippen molar-refractivity contribution >= 4 is 5.82 Å². The second-order valence-corrected chi connectivity index (χ2v) is 4.35. The summed E-state index contributed by atoms with van der Waals surface area (Å²) in [6, 6.07) is 9.79. The summed E-state index contributed by atoms with van der Waals surface area (Å²) in [6.45, 7) is 3.90. The van der Waals surface area contributed by atoms with Gasteiger partial charge in [0, 0.05) is 16.7 Å². The summed E-state index contributed by atoms with van der Waals surface area (Å²) in [5.41, 5.74) is 10.0. The van der Waals surface area contributed by atoms with Crippen LogP contribution in [-0.4, -0.2) is 7.11 Å². The predicted molar refractivity (Wildman–Crippen MR) is 73.6 cm³/mol. The highest BCUT2D eigenvalue weighted by Crippen LogP contribution is 2.35. The summed E-state index contributed by atoms with van der Waals surface area (Å²) in [7, 11) is 1.62. The fourth-order valence-corrected chi connectivity index (χ4v) is 2.17. The summed E-state index contributed by atoms with van der Waals surface area (Å²) in [5.74, 6) is 1.11. The van der Waals surface area contributed by atoms with Gasteiger partial charge in [-0.3, -0.25) is 5.73 Å². The van der Waals surface area contributed by atoms with Crippen molar-refractivity contribution in [3.8, 4) is 22.9 Å². The van der Waals surface area contributed by atoms with Gasteiger partial charge in [-0.2, -0.15) is 5.26 Å². The Morgan fingerprint density at radius 1 is 1.26 bits per heavy atom. The van der Waals surface area contributed by atoms with E-state index in [0.29, 0.717) is 11.4 Å². The van der Waals surface area contributed by atoms with Crippen LogP contribution in [0.3, 0.4) is 0 Å². The van der Waals surface area contributed by atoms with Crippen molar-refractivity contribution in [3.63, 3.8) is 0 Å². The van der Waals surface area contributed by atoms with Gasteiger partial charge in [-0.05, 0) is 19.9 Å². The van der Waals surface area contributed by atoms with Crippen LogP contribution in [0.2, 0.25) is 0 Å². The first-order valence-corrected chi connectivity index (χ1v) is 5.95. The Labute approximate surface area is 112 Å². The predicted octanol–water partition coefficient (Wildman–Crippen LogP) is 2.25. The normalized spacial score (nSPS) is 10.0. The van der Waals surface area contributed by atoms with Crippen LogP contribution in [0.15, 0.2) is 24.3 Å². The van der Waals surface area contributed by atoms with Crippen molar-refractivity contribution < 1.29 is 9.72 Å². The first kappa shape index (κ1) is 12.9. The van der Waals surface area contributed by atoms with Gasteiger partial charge in [0.2, 0.25) is 0 Å². The first-order valence-electron chi connectivity index (χ1n) is 5.95. The zero-order valence-corrected chi connectivity index (χ0v) is 11.2. The largest absolute Gasteiger partial charge is 0.496 e. The third kappa shape index (κ3) is 2.11. The van der Waals surface area contributed by atoms with Crippen molar-refractivity contribution in [1.82, 2.24) is 0 Å². The van der Waals surface area contributed by atoms with Crippen LogP contribution < -0.4 is 15.5 Å². The molecule has 0 saturated heterocycles. The molecule has 0 aliphatic heterocycles. The summed E-state index contributed by atoms with van der Waals surface area (Å²) < 4.78 is 5.37. The molecule has 1 aromatic carbocycles. The minimum Gasteiger partial charge on any atom is -0.496 e. The van der Waals surface area contributed by atoms with Crippen LogP contribution in [0.25, 0.3) is 11.1 Å². The standard InChI is InChI=1S/C15H15N3O/c1-9-10(2)18-15(17)12(8-16)14(9)11-6-4-5-7-13(11)19-3/h4-7H,1-3H3,(H2,17,18)/p+1. The lowest BCUT2D eigenvalue weighted by molar-refractivity contribution is -0.370. The highest BCUT2D eigenvalue weighted by atomic mass is 16.5. The number of nitrogens with zero attached hydrogens (tertiary/aromatic N) is 1. The second kappa shape index (κ2) is 4.99. The Bertz CT molecular complexity index is 672. The van der Waals surface area contributed by atoms with Gasteiger partial charge in [-0.1, -0.05) is 18.2 Å². The Hall–Kier alpha value is -2.54. The average molecular weight is 254 g/mol. The van der Waals surface area contributed by atoms with E-state index in [4.69, 9.17) is 10.5 Å². The highest BCUT2D eigenvalue weighted by Gasteiger charge is 2.20. The van der Waals surface area contributed by atoms with E-state index in [2.05, 4.69) is 11.1 Å². The maximum atomic E-state index is 9.35. The Morgan fingerprint density at radius 3 is 2.58 bits per heavy atom. The molecule has 19 heavy (non-hydrogen) atoms. The van der Waals surface area contributed by atoms with E-state index in [9.17, 15) is 5.26 Å². The Morgan fingerprint density at radius 2 is 1.95 bits per heavy atom. The van der Waals surface area contributed by atoms with Crippen LogP contribution in [0.5, 0.6) is 5.75 Å². The molecular formula is C15H16N3O+. The number of ether oxygens (including phenoxy) is 1. The summed E-state index contributed by atoms with van der Waals surface area (Å²) in [4.78, 5) is 3.02. The summed E-state index contributed by atoms with van der Waals surface area (Å²) >= 11 is 0. The minimum atomic E-state index is 0.381. The van der Waals surface area contributed by atoms with E-state index in [0.717, 1.165) is 28.1 Å². The number of rotatable bonds is 2. The number of nitriles is 1. The smallest absolute Gasteiger partial charge is 0.289 e. The molecule has 0 aliphatic rings. The lowest BCUT2D eigenvalue weighted by Crippen LogP contribution is -2.19.